The molecule has 11 heavy (non-hydrogen) atoms. The molecule has 0 saturated heterocycles. The van der Waals surface area contributed by atoms with Crippen molar-refractivity contribution in [3.8, 4) is 0 Å². The van der Waals surface area contributed by atoms with Crippen molar-refractivity contribution in [3.05, 3.63) is 0 Å². The average Bonchev–Trinajstić information content (AvgIpc) is 2.31. The summed E-state index contributed by atoms with van der Waals surface area (Å²) < 4.78 is 0. The second kappa shape index (κ2) is 3.00. The number of rotatable bonds is 1. The molecule has 2 heteroatoms. The first-order chi connectivity index (χ1) is 5.05. The van der Waals surface area contributed by atoms with E-state index in [1.807, 2.05) is 0 Å². The SMILES string of the molecule is CCC1=BCCN1C(C)(C)C. The molecule has 62 valence electrons. The molecule has 0 atom stereocenters. The van der Waals surface area contributed by atoms with Crippen LogP contribution in [0.1, 0.15) is 34.1 Å². The van der Waals surface area contributed by atoms with Crippen molar-refractivity contribution < 1.29 is 0 Å². The minimum atomic E-state index is 0.318. The molecule has 0 amide bonds. The Labute approximate surface area is 70.7 Å². The number of hydrogen-bond acceptors (Lipinski definition) is 1. The molecule has 1 rings (SSSR count). The molecule has 0 N–H and O–H groups in total. The summed E-state index contributed by atoms with van der Waals surface area (Å²) in [6, 6.07) is 0. The Balaban J connectivity index is 2.68. The first-order valence-corrected chi connectivity index (χ1v) is 4.52. The van der Waals surface area contributed by atoms with E-state index in [1.54, 1.807) is 0 Å². The molecule has 0 aliphatic carbocycles. The van der Waals surface area contributed by atoms with Gasteiger partial charge in [-0.15, -0.1) is 0 Å². The van der Waals surface area contributed by atoms with Crippen LogP contribution in [-0.4, -0.2) is 29.5 Å². The van der Waals surface area contributed by atoms with Gasteiger partial charge in [0, 0.05) is 0 Å². The Hall–Kier alpha value is -0.265. The van der Waals surface area contributed by atoms with Crippen molar-refractivity contribution in [1.29, 1.82) is 0 Å². The van der Waals surface area contributed by atoms with Crippen LogP contribution in [0.2, 0.25) is 6.32 Å². The van der Waals surface area contributed by atoms with Crippen LogP contribution < -0.4 is 0 Å². The Kier molecular flexibility index (Phi) is 2.41. The summed E-state index contributed by atoms with van der Waals surface area (Å²) in [5.41, 5.74) is 1.84. The monoisotopic (exact) mass is 151 g/mol. The van der Waals surface area contributed by atoms with Crippen molar-refractivity contribution in [1.82, 2.24) is 4.90 Å². The molecule has 0 spiro atoms. The molecule has 1 aliphatic heterocycles. The Morgan fingerprint density at radius 1 is 1.45 bits per heavy atom. The van der Waals surface area contributed by atoms with Gasteiger partial charge in [-0.25, -0.2) is 0 Å². The Bertz CT molecular complexity index is 167. The van der Waals surface area contributed by atoms with Gasteiger partial charge in [0.05, 0.1) is 0 Å². The van der Waals surface area contributed by atoms with E-state index in [-0.39, 0.29) is 0 Å². The topological polar surface area (TPSA) is 3.24 Å². The van der Waals surface area contributed by atoms with Gasteiger partial charge in [0.2, 0.25) is 0 Å². The summed E-state index contributed by atoms with van der Waals surface area (Å²) >= 11 is 0. The average molecular weight is 151 g/mol. The van der Waals surface area contributed by atoms with E-state index < -0.39 is 0 Å². The zero-order valence-electron chi connectivity index (χ0n) is 8.15. The van der Waals surface area contributed by atoms with E-state index in [2.05, 4.69) is 39.5 Å². The van der Waals surface area contributed by atoms with Crippen molar-refractivity contribution in [2.24, 2.45) is 0 Å². The molecule has 1 aliphatic rings. The predicted octanol–water partition coefficient (Wildman–Crippen LogP) is 1.76. The summed E-state index contributed by atoms with van der Waals surface area (Å²) in [5, 5.41) is 0. The summed E-state index contributed by atoms with van der Waals surface area (Å²) in [6.45, 7) is 12.7. The molecular weight excluding hydrogens is 133 g/mol. The standard InChI is InChI=1S/C9H18BN/c1-5-8-10-6-7-11(8)9(2,3)4/h5-7H2,1-4H3. The van der Waals surface area contributed by atoms with Crippen LogP contribution in [0.3, 0.4) is 0 Å². The molecule has 0 bridgehead atoms. The van der Waals surface area contributed by atoms with E-state index in [0.717, 1.165) is 0 Å². The Morgan fingerprint density at radius 3 is 2.45 bits per heavy atom. The summed E-state index contributed by atoms with van der Waals surface area (Å²) in [4.78, 5) is 2.51. The third-order valence-corrected chi connectivity index (χ3v) is 2.25. The van der Waals surface area contributed by atoms with Crippen LogP contribution in [0, 0.1) is 0 Å². The summed E-state index contributed by atoms with van der Waals surface area (Å²) in [6.07, 6.45) is 2.41. The van der Waals surface area contributed by atoms with Crippen LogP contribution in [-0.2, 0) is 0 Å². The summed E-state index contributed by atoms with van der Waals surface area (Å²) in [7, 11) is 0. The van der Waals surface area contributed by atoms with Crippen LogP contribution >= 0.6 is 0 Å². The van der Waals surface area contributed by atoms with Crippen molar-refractivity contribution >= 4 is 12.5 Å². The maximum absolute atomic E-state index is 2.51. The van der Waals surface area contributed by atoms with E-state index in [0.29, 0.717) is 5.54 Å². The van der Waals surface area contributed by atoms with Gasteiger partial charge in [-0.05, 0) is 0 Å². The predicted molar refractivity (Wildman–Crippen MR) is 52.3 cm³/mol. The number of nitrogens with zero attached hydrogens (tertiary/aromatic N) is 1. The van der Waals surface area contributed by atoms with E-state index in [1.165, 1.54) is 24.9 Å². The van der Waals surface area contributed by atoms with Crippen molar-refractivity contribution in [2.45, 2.75) is 46.0 Å². The van der Waals surface area contributed by atoms with Gasteiger partial charge in [0.1, 0.15) is 0 Å². The van der Waals surface area contributed by atoms with Crippen molar-refractivity contribution in [3.63, 3.8) is 0 Å². The Morgan fingerprint density at radius 2 is 2.09 bits per heavy atom. The summed E-state index contributed by atoms with van der Waals surface area (Å²) in [5.74, 6) is 0. The van der Waals surface area contributed by atoms with E-state index in [4.69, 9.17) is 0 Å². The van der Waals surface area contributed by atoms with Gasteiger partial charge >= 0.3 is 69.9 Å². The molecule has 0 unspecified atom stereocenters. The van der Waals surface area contributed by atoms with Gasteiger partial charge in [-0.1, -0.05) is 0 Å². The third-order valence-electron chi connectivity index (χ3n) is 2.25. The second-order valence-corrected chi connectivity index (χ2v) is 4.16. The number of hydrogen-bond donors (Lipinski definition) is 0. The van der Waals surface area contributed by atoms with Crippen LogP contribution in [0.15, 0.2) is 0 Å². The fourth-order valence-electron chi connectivity index (χ4n) is 1.72. The second-order valence-electron chi connectivity index (χ2n) is 4.16. The van der Waals surface area contributed by atoms with Crippen LogP contribution in [0.25, 0.3) is 0 Å². The fraction of sp³-hybridized carbons (Fsp3) is 0.889. The first-order valence-electron chi connectivity index (χ1n) is 4.52. The van der Waals surface area contributed by atoms with Crippen LogP contribution in [0.4, 0.5) is 0 Å². The van der Waals surface area contributed by atoms with E-state index in [9.17, 15) is 0 Å². The molecule has 0 aromatic carbocycles. The maximum atomic E-state index is 2.51. The fourth-order valence-corrected chi connectivity index (χ4v) is 1.72. The van der Waals surface area contributed by atoms with Gasteiger partial charge in [0.25, 0.3) is 0 Å². The molecule has 0 aromatic heterocycles. The van der Waals surface area contributed by atoms with Gasteiger partial charge in [-0.3, -0.25) is 0 Å². The first kappa shape index (κ1) is 8.83. The normalized spacial score (nSPS) is 18.2. The molecule has 0 aromatic rings. The van der Waals surface area contributed by atoms with Gasteiger partial charge < -0.3 is 0 Å². The van der Waals surface area contributed by atoms with Gasteiger partial charge in [-0.2, -0.15) is 0 Å². The van der Waals surface area contributed by atoms with Crippen molar-refractivity contribution in [2.75, 3.05) is 6.54 Å². The quantitative estimate of drug-likeness (QED) is 0.516. The molecule has 1 nitrogen and oxygen atoms in total. The molecule has 1 heterocycles. The molecular formula is C9H18BN. The zero-order valence-corrected chi connectivity index (χ0v) is 8.15. The van der Waals surface area contributed by atoms with Gasteiger partial charge in [0.15, 0.2) is 0 Å². The molecule has 0 fully saturated rings. The minimum absolute atomic E-state index is 0.318. The van der Waals surface area contributed by atoms with Crippen LogP contribution in [0.5, 0.6) is 0 Å². The van der Waals surface area contributed by atoms with E-state index >= 15 is 0 Å². The zero-order chi connectivity index (χ0) is 8.48. The third kappa shape index (κ3) is 1.85. The molecule has 0 saturated carbocycles. The molecule has 0 radical (unpaired) electrons.